The molecule has 0 unspecified atom stereocenters. The zero-order valence-electron chi connectivity index (χ0n) is 6.87. The largest absolute Gasteiger partial charge is 0.397 e. The lowest BCUT2D eigenvalue weighted by Gasteiger charge is -1.95. The topological polar surface area (TPSA) is 84.9 Å². The molecule has 4 nitrogen and oxygen atoms in total. The zero-order chi connectivity index (χ0) is 9.42. The number of nitrogen functional groups attached to an aromatic ring is 1. The van der Waals surface area contributed by atoms with Crippen molar-refractivity contribution in [1.82, 2.24) is 4.98 Å². The third-order valence-electron chi connectivity index (χ3n) is 2.00. The molecule has 0 aliphatic carbocycles. The second kappa shape index (κ2) is 2.52. The van der Waals surface area contributed by atoms with Crippen molar-refractivity contribution in [2.45, 2.75) is 0 Å². The summed E-state index contributed by atoms with van der Waals surface area (Å²) in [6.45, 7) is 0. The number of fused-ring (bicyclic) bond motifs is 1. The first-order valence-corrected chi connectivity index (χ1v) is 3.85. The van der Waals surface area contributed by atoms with E-state index >= 15 is 0 Å². The van der Waals surface area contributed by atoms with Gasteiger partial charge in [0, 0.05) is 22.7 Å². The van der Waals surface area contributed by atoms with Crippen molar-refractivity contribution >= 4 is 22.5 Å². The second-order valence-electron chi connectivity index (χ2n) is 2.87. The quantitative estimate of drug-likeness (QED) is 0.600. The third kappa shape index (κ3) is 1.12. The number of nitrogens with one attached hydrogen (secondary N) is 1. The van der Waals surface area contributed by atoms with E-state index in [1.54, 1.807) is 24.4 Å². The van der Waals surface area contributed by atoms with Crippen molar-refractivity contribution in [1.29, 1.82) is 0 Å². The molecule has 1 aromatic carbocycles. The summed E-state index contributed by atoms with van der Waals surface area (Å²) in [5, 5.41) is 0.830. The first-order valence-electron chi connectivity index (χ1n) is 3.85. The van der Waals surface area contributed by atoms with Crippen molar-refractivity contribution in [2.24, 2.45) is 5.73 Å². The van der Waals surface area contributed by atoms with Crippen LogP contribution in [-0.2, 0) is 0 Å². The molecule has 2 aromatic rings. The minimum absolute atomic E-state index is 0.442. The Morgan fingerprint density at radius 1 is 1.38 bits per heavy atom. The van der Waals surface area contributed by atoms with Crippen molar-refractivity contribution in [3.8, 4) is 0 Å². The van der Waals surface area contributed by atoms with Crippen LogP contribution >= 0.6 is 0 Å². The highest BCUT2D eigenvalue weighted by Crippen LogP contribution is 2.20. The molecule has 0 saturated carbocycles. The Hall–Kier alpha value is -1.97. The van der Waals surface area contributed by atoms with Crippen LogP contribution in [-0.4, -0.2) is 10.9 Å². The predicted molar refractivity (Wildman–Crippen MR) is 51.2 cm³/mol. The number of carbonyl (C=O) groups excluding carboxylic acids is 1. The van der Waals surface area contributed by atoms with Crippen LogP contribution in [0.25, 0.3) is 10.9 Å². The molecule has 0 fully saturated rings. The van der Waals surface area contributed by atoms with Crippen molar-refractivity contribution in [3.63, 3.8) is 0 Å². The number of nitrogens with two attached hydrogens (primary N) is 2. The van der Waals surface area contributed by atoms with Gasteiger partial charge in [-0.2, -0.15) is 0 Å². The van der Waals surface area contributed by atoms with Crippen molar-refractivity contribution in [2.75, 3.05) is 5.73 Å². The van der Waals surface area contributed by atoms with E-state index in [0.717, 1.165) is 10.9 Å². The maximum absolute atomic E-state index is 10.8. The van der Waals surface area contributed by atoms with Gasteiger partial charge in [0.25, 0.3) is 0 Å². The fraction of sp³-hybridized carbons (Fsp3) is 0. The highest BCUT2D eigenvalue weighted by atomic mass is 16.1. The number of anilines is 1. The Kier molecular flexibility index (Phi) is 1.48. The number of primary amides is 1. The molecule has 0 aliphatic heterocycles. The Morgan fingerprint density at radius 3 is 2.85 bits per heavy atom. The van der Waals surface area contributed by atoms with E-state index in [1.165, 1.54) is 0 Å². The molecule has 0 aliphatic rings. The van der Waals surface area contributed by atoms with E-state index in [0.29, 0.717) is 11.3 Å². The molecule has 5 N–H and O–H groups in total. The molecule has 0 spiro atoms. The maximum Gasteiger partial charge on any atom is 0.248 e. The normalized spacial score (nSPS) is 10.5. The summed E-state index contributed by atoms with van der Waals surface area (Å²) in [4.78, 5) is 13.8. The summed E-state index contributed by atoms with van der Waals surface area (Å²) in [5.74, 6) is -0.442. The Labute approximate surface area is 74.5 Å². The number of benzene rings is 1. The summed E-state index contributed by atoms with van der Waals surface area (Å²) in [6, 6.07) is 5.13. The molecule has 1 aromatic heterocycles. The van der Waals surface area contributed by atoms with Gasteiger partial charge in [0.05, 0.1) is 5.69 Å². The first-order chi connectivity index (χ1) is 6.18. The standard InChI is InChI=1S/C9H9N3O/c10-7-4-12-8-2-1-5(9(11)13)3-6(7)8/h1-4,12H,10H2,(H2,11,13). The summed E-state index contributed by atoms with van der Waals surface area (Å²) >= 11 is 0. The number of H-pyrrole nitrogens is 1. The lowest BCUT2D eigenvalue weighted by molar-refractivity contribution is 0.100. The van der Waals surface area contributed by atoms with Gasteiger partial charge in [-0.15, -0.1) is 0 Å². The van der Waals surface area contributed by atoms with E-state index in [1.807, 2.05) is 0 Å². The number of aromatic nitrogens is 1. The van der Waals surface area contributed by atoms with E-state index < -0.39 is 5.91 Å². The SMILES string of the molecule is NC(=O)c1ccc2[nH]cc(N)c2c1. The van der Waals surface area contributed by atoms with Gasteiger partial charge >= 0.3 is 0 Å². The van der Waals surface area contributed by atoms with Crippen LogP contribution < -0.4 is 11.5 Å². The highest BCUT2D eigenvalue weighted by molar-refractivity contribution is 6.00. The van der Waals surface area contributed by atoms with E-state index in [-0.39, 0.29) is 0 Å². The molecular weight excluding hydrogens is 166 g/mol. The van der Waals surface area contributed by atoms with Crippen LogP contribution in [0.15, 0.2) is 24.4 Å². The highest BCUT2D eigenvalue weighted by Gasteiger charge is 2.04. The Morgan fingerprint density at radius 2 is 2.15 bits per heavy atom. The number of rotatable bonds is 1. The lowest BCUT2D eigenvalue weighted by atomic mass is 10.1. The van der Waals surface area contributed by atoms with Crippen LogP contribution in [0.5, 0.6) is 0 Å². The van der Waals surface area contributed by atoms with Gasteiger partial charge < -0.3 is 16.5 Å². The molecule has 4 heteroatoms. The van der Waals surface area contributed by atoms with E-state index in [4.69, 9.17) is 11.5 Å². The Balaban J connectivity index is 2.72. The number of carbonyl (C=O) groups is 1. The van der Waals surface area contributed by atoms with Gasteiger partial charge in [0.15, 0.2) is 0 Å². The minimum atomic E-state index is -0.442. The van der Waals surface area contributed by atoms with Crippen LogP contribution in [0.4, 0.5) is 5.69 Å². The zero-order valence-corrected chi connectivity index (χ0v) is 6.87. The molecule has 1 amide bonds. The smallest absolute Gasteiger partial charge is 0.248 e. The van der Waals surface area contributed by atoms with Crippen LogP contribution in [0.2, 0.25) is 0 Å². The van der Waals surface area contributed by atoms with Gasteiger partial charge in [-0.3, -0.25) is 4.79 Å². The number of amides is 1. The molecule has 0 radical (unpaired) electrons. The average molecular weight is 175 g/mol. The van der Waals surface area contributed by atoms with Crippen LogP contribution in [0.3, 0.4) is 0 Å². The lowest BCUT2D eigenvalue weighted by Crippen LogP contribution is -2.10. The van der Waals surface area contributed by atoms with Gasteiger partial charge in [0.1, 0.15) is 0 Å². The number of aromatic amines is 1. The van der Waals surface area contributed by atoms with E-state index in [9.17, 15) is 4.79 Å². The fourth-order valence-corrected chi connectivity index (χ4v) is 1.30. The van der Waals surface area contributed by atoms with Crippen molar-refractivity contribution < 1.29 is 4.79 Å². The molecule has 13 heavy (non-hydrogen) atoms. The average Bonchev–Trinajstić information content (AvgIpc) is 2.47. The molecule has 0 atom stereocenters. The summed E-state index contributed by atoms with van der Waals surface area (Å²) < 4.78 is 0. The summed E-state index contributed by atoms with van der Waals surface area (Å²) in [5.41, 5.74) is 12.8. The van der Waals surface area contributed by atoms with Crippen LogP contribution in [0.1, 0.15) is 10.4 Å². The Bertz CT molecular complexity index is 473. The van der Waals surface area contributed by atoms with E-state index in [2.05, 4.69) is 4.98 Å². The molecule has 66 valence electrons. The fourth-order valence-electron chi connectivity index (χ4n) is 1.30. The predicted octanol–water partition coefficient (Wildman–Crippen LogP) is 0.849. The summed E-state index contributed by atoms with van der Waals surface area (Å²) in [6.07, 6.45) is 1.69. The van der Waals surface area contributed by atoms with Gasteiger partial charge in [-0.1, -0.05) is 0 Å². The molecule has 2 rings (SSSR count). The molecule has 1 heterocycles. The van der Waals surface area contributed by atoms with Crippen LogP contribution in [0, 0.1) is 0 Å². The number of hydrogen-bond acceptors (Lipinski definition) is 2. The third-order valence-corrected chi connectivity index (χ3v) is 2.00. The first kappa shape index (κ1) is 7.67. The molecular formula is C9H9N3O. The second-order valence-corrected chi connectivity index (χ2v) is 2.87. The van der Waals surface area contributed by atoms with Crippen molar-refractivity contribution in [3.05, 3.63) is 30.0 Å². The maximum atomic E-state index is 10.8. The van der Waals surface area contributed by atoms with Gasteiger partial charge in [-0.25, -0.2) is 0 Å². The number of hydrogen-bond donors (Lipinski definition) is 3. The van der Waals surface area contributed by atoms with Gasteiger partial charge in [-0.05, 0) is 18.2 Å². The monoisotopic (exact) mass is 175 g/mol. The molecule has 0 bridgehead atoms. The molecule has 0 saturated heterocycles. The minimum Gasteiger partial charge on any atom is -0.397 e. The van der Waals surface area contributed by atoms with Gasteiger partial charge in [0.2, 0.25) is 5.91 Å². The summed E-state index contributed by atoms with van der Waals surface area (Å²) in [7, 11) is 0.